The fraction of sp³-hybridized carbons (Fsp3) is 0.160. The molecule has 0 atom stereocenters. The Kier molecular flexibility index (Phi) is 7.58. The highest BCUT2D eigenvalue weighted by Gasteiger charge is 2.29. The number of allylic oxidation sites excluding steroid dienone is 1. The van der Waals surface area contributed by atoms with Gasteiger partial charge in [-0.3, -0.25) is 4.79 Å². The summed E-state index contributed by atoms with van der Waals surface area (Å²) >= 11 is 10.6. The topological polar surface area (TPSA) is 17.1 Å². The van der Waals surface area contributed by atoms with Gasteiger partial charge in [0.15, 0.2) is 5.78 Å². The Labute approximate surface area is 203 Å². The van der Waals surface area contributed by atoms with Crippen molar-refractivity contribution in [2.24, 2.45) is 0 Å². The van der Waals surface area contributed by atoms with E-state index in [0.717, 1.165) is 54.7 Å². The summed E-state index contributed by atoms with van der Waals surface area (Å²) in [4.78, 5) is 13.9. The molecule has 0 saturated carbocycles. The van der Waals surface area contributed by atoms with Gasteiger partial charge in [0, 0.05) is 20.1 Å². The first-order chi connectivity index (χ1) is 14.6. The molecule has 3 aromatic carbocycles. The summed E-state index contributed by atoms with van der Waals surface area (Å²) in [5.41, 5.74) is 4.83. The second-order valence-electron chi connectivity index (χ2n) is 6.92. The van der Waals surface area contributed by atoms with E-state index in [2.05, 4.69) is 56.1 Å². The molecule has 0 aromatic heterocycles. The lowest BCUT2D eigenvalue weighted by Gasteiger charge is -2.23. The molecule has 1 aliphatic heterocycles. The van der Waals surface area contributed by atoms with Crippen LogP contribution in [-0.4, -0.2) is 21.9 Å². The Hall–Kier alpha value is -1.27. The normalized spacial score (nSPS) is 14.3. The van der Waals surface area contributed by atoms with Crippen molar-refractivity contribution >= 4 is 72.3 Å². The lowest BCUT2D eigenvalue weighted by atomic mass is 9.87. The third-order valence-corrected chi connectivity index (χ3v) is 8.82. The van der Waals surface area contributed by atoms with Gasteiger partial charge in [-0.05, 0) is 58.9 Å². The van der Waals surface area contributed by atoms with E-state index in [4.69, 9.17) is 0 Å². The molecule has 0 N–H and O–H groups in total. The number of halogens is 2. The predicted molar refractivity (Wildman–Crippen MR) is 139 cm³/mol. The smallest absolute Gasteiger partial charge is 0.187 e. The predicted octanol–water partition coefficient (Wildman–Crippen LogP) is 7.94. The Bertz CT molecular complexity index is 991. The third-order valence-electron chi connectivity index (χ3n) is 4.87. The average molecular weight is 560 g/mol. The molecular weight excluding hydrogens is 540 g/mol. The summed E-state index contributed by atoms with van der Waals surface area (Å²) in [7, 11) is 0. The molecule has 1 saturated heterocycles. The number of Topliss-reactive ketones (excluding diaryl/α,β-unsaturated/α-hetero) is 1. The summed E-state index contributed by atoms with van der Waals surface area (Å²) in [6.45, 7) is 0. The Morgan fingerprint density at radius 1 is 0.700 bits per heavy atom. The molecule has 1 nitrogen and oxygen atoms in total. The quantitative estimate of drug-likeness (QED) is 0.233. The van der Waals surface area contributed by atoms with Crippen LogP contribution in [0, 0.1) is 0 Å². The molecule has 5 heteroatoms. The maximum absolute atomic E-state index is 13.9. The summed E-state index contributed by atoms with van der Waals surface area (Å²) in [5, 5.41) is 0. The zero-order valence-electron chi connectivity index (χ0n) is 16.2. The van der Waals surface area contributed by atoms with Crippen LogP contribution >= 0.6 is 55.4 Å². The number of thioether (sulfide) groups is 2. The van der Waals surface area contributed by atoms with Crippen LogP contribution in [0.15, 0.2) is 87.8 Å². The molecule has 0 amide bonds. The number of carbonyl (C=O) groups is 1. The molecule has 1 heterocycles. The van der Waals surface area contributed by atoms with Crippen LogP contribution in [0.1, 0.15) is 23.1 Å². The lowest BCUT2D eigenvalue weighted by Crippen LogP contribution is -2.20. The van der Waals surface area contributed by atoms with Crippen LogP contribution in [-0.2, 0) is 4.79 Å². The number of hydrogen-bond acceptors (Lipinski definition) is 3. The molecule has 152 valence electrons. The van der Waals surface area contributed by atoms with Crippen LogP contribution in [0.5, 0.6) is 0 Å². The fourth-order valence-corrected chi connectivity index (χ4v) is 6.72. The van der Waals surface area contributed by atoms with Crippen molar-refractivity contribution in [3.05, 3.63) is 104 Å². The van der Waals surface area contributed by atoms with E-state index in [0.29, 0.717) is 0 Å². The highest BCUT2D eigenvalue weighted by atomic mass is 79.9. The number of benzene rings is 3. The van der Waals surface area contributed by atoms with Crippen molar-refractivity contribution in [2.45, 2.75) is 11.0 Å². The van der Waals surface area contributed by atoms with Gasteiger partial charge < -0.3 is 0 Å². The first-order valence-electron chi connectivity index (χ1n) is 9.72. The minimum absolute atomic E-state index is 0.0603. The zero-order chi connectivity index (χ0) is 20.9. The Morgan fingerprint density at radius 3 is 1.70 bits per heavy atom. The molecule has 4 rings (SSSR count). The summed E-state index contributed by atoms with van der Waals surface area (Å²) in [6.07, 6.45) is 1.16. The summed E-state index contributed by atoms with van der Waals surface area (Å²) < 4.78 is 1.98. The molecule has 0 radical (unpaired) electrons. The minimum atomic E-state index is -0.0603. The van der Waals surface area contributed by atoms with Crippen molar-refractivity contribution < 1.29 is 4.79 Å². The fourth-order valence-electron chi connectivity index (χ4n) is 3.46. The maximum atomic E-state index is 13.9. The number of rotatable bonds is 5. The van der Waals surface area contributed by atoms with E-state index in [-0.39, 0.29) is 10.4 Å². The van der Waals surface area contributed by atoms with Gasteiger partial charge in [-0.25, -0.2) is 0 Å². The van der Waals surface area contributed by atoms with Gasteiger partial charge in [0.25, 0.3) is 0 Å². The number of hydrogen-bond donors (Lipinski definition) is 0. The van der Waals surface area contributed by atoms with Gasteiger partial charge >= 0.3 is 0 Å². The van der Waals surface area contributed by atoms with Gasteiger partial charge in [0.1, 0.15) is 4.58 Å². The molecule has 1 aliphatic rings. The Morgan fingerprint density at radius 2 is 1.20 bits per heavy atom. The van der Waals surface area contributed by atoms with E-state index < -0.39 is 0 Å². The molecule has 0 aliphatic carbocycles. The molecule has 0 unspecified atom stereocenters. The van der Waals surface area contributed by atoms with Crippen LogP contribution in [0.3, 0.4) is 0 Å². The highest BCUT2D eigenvalue weighted by molar-refractivity contribution is 9.10. The van der Waals surface area contributed by atoms with E-state index >= 15 is 0 Å². The van der Waals surface area contributed by atoms with Gasteiger partial charge in [0.05, 0.1) is 0 Å². The number of carbonyl (C=O) groups excluding carboxylic acids is 1. The van der Waals surface area contributed by atoms with E-state index in [1.54, 1.807) is 23.5 Å². The van der Waals surface area contributed by atoms with Crippen LogP contribution in [0.4, 0.5) is 0 Å². The van der Waals surface area contributed by atoms with Gasteiger partial charge in [-0.15, -0.1) is 23.5 Å². The van der Waals surface area contributed by atoms with Gasteiger partial charge in [0.2, 0.25) is 0 Å². The molecule has 30 heavy (non-hydrogen) atoms. The summed E-state index contributed by atoms with van der Waals surface area (Å²) in [5.74, 6) is 2.28. The monoisotopic (exact) mass is 558 g/mol. The molecule has 1 fully saturated rings. The van der Waals surface area contributed by atoms with Gasteiger partial charge in [-0.2, -0.15) is 0 Å². The Balaban J connectivity index is 1.97. The largest absolute Gasteiger partial charge is 0.292 e. The number of ketones is 1. The minimum Gasteiger partial charge on any atom is -0.292 e. The first kappa shape index (κ1) is 21.9. The first-order valence-corrected chi connectivity index (χ1v) is 13.4. The highest BCUT2D eigenvalue weighted by Crippen LogP contribution is 2.40. The maximum Gasteiger partial charge on any atom is 0.187 e. The second kappa shape index (κ2) is 10.4. The van der Waals surface area contributed by atoms with E-state index in [1.807, 2.05) is 54.6 Å². The van der Waals surface area contributed by atoms with Crippen molar-refractivity contribution in [1.29, 1.82) is 0 Å². The summed E-state index contributed by atoms with van der Waals surface area (Å²) in [6, 6.07) is 26.6. The molecule has 0 bridgehead atoms. The van der Waals surface area contributed by atoms with Crippen LogP contribution < -0.4 is 0 Å². The van der Waals surface area contributed by atoms with Gasteiger partial charge in [-0.1, -0.05) is 86.5 Å². The van der Waals surface area contributed by atoms with Crippen molar-refractivity contribution in [2.75, 3.05) is 11.5 Å². The SMILES string of the molecule is O=C(C(=C(c1ccc(Br)cc1)c1ccc(Br)cc1)c1ccccc1)C1SCCCS1. The lowest BCUT2D eigenvalue weighted by molar-refractivity contribution is -0.112. The molecule has 3 aromatic rings. The van der Waals surface area contributed by atoms with Crippen molar-refractivity contribution in [3.63, 3.8) is 0 Å². The molecule has 0 spiro atoms. The zero-order valence-corrected chi connectivity index (χ0v) is 21.0. The van der Waals surface area contributed by atoms with Crippen LogP contribution in [0.2, 0.25) is 0 Å². The third kappa shape index (κ3) is 5.13. The van der Waals surface area contributed by atoms with Crippen molar-refractivity contribution in [1.82, 2.24) is 0 Å². The standard InChI is InChI=1S/C25H20Br2OS2/c26-20-11-7-18(8-12-20)22(19-9-13-21(27)14-10-19)23(17-5-2-1-3-6-17)24(28)25-29-15-4-16-30-25/h1-3,5-14,25H,4,15-16H2. The average Bonchev–Trinajstić information content (AvgIpc) is 2.80. The van der Waals surface area contributed by atoms with Crippen molar-refractivity contribution in [3.8, 4) is 0 Å². The second-order valence-corrected chi connectivity index (χ2v) is 11.5. The van der Waals surface area contributed by atoms with Crippen LogP contribution in [0.25, 0.3) is 11.1 Å². The molecular formula is C25H20Br2OS2. The van der Waals surface area contributed by atoms with E-state index in [1.165, 1.54) is 0 Å². The van der Waals surface area contributed by atoms with E-state index in [9.17, 15) is 4.79 Å².